The summed E-state index contributed by atoms with van der Waals surface area (Å²) in [6.07, 6.45) is 1.50. The number of benzene rings is 1. The van der Waals surface area contributed by atoms with Crippen LogP contribution in [0.5, 0.6) is 0 Å². The van der Waals surface area contributed by atoms with E-state index in [1.54, 1.807) is 0 Å². The smallest absolute Gasteiger partial charge is 0.191 e. The summed E-state index contributed by atoms with van der Waals surface area (Å²) in [6, 6.07) is 7.50. The predicted molar refractivity (Wildman–Crippen MR) is 57.5 cm³/mol. The highest BCUT2D eigenvalue weighted by Gasteiger charge is 2.09. The van der Waals surface area contributed by atoms with Gasteiger partial charge in [0.2, 0.25) is 0 Å². The Morgan fingerprint density at radius 1 is 1.40 bits per heavy atom. The maximum Gasteiger partial charge on any atom is 0.191 e. The van der Waals surface area contributed by atoms with Crippen LogP contribution in [0.25, 0.3) is 0 Å². The fraction of sp³-hybridized carbons (Fsp3) is 0.250. The molecule has 3 heteroatoms. The van der Waals surface area contributed by atoms with Gasteiger partial charge in [0, 0.05) is 11.6 Å². The van der Waals surface area contributed by atoms with Crippen LogP contribution in [-0.2, 0) is 4.74 Å². The lowest BCUT2D eigenvalue weighted by atomic mass is 10.1. The van der Waals surface area contributed by atoms with Crippen molar-refractivity contribution in [2.45, 2.75) is 6.92 Å². The third-order valence-corrected chi connectivity index (χ3v) is 2.26. The molecule has 1 N–H and O–H groups in total. The molecule has 1 aliphatic rings. The SMILES string of the molecule is Cc1ccc(C(=O)C=C2NCCO2)cc1. The molecule has 1 heterocycles. The average molecular weight is 203 g/mol. The number of hydrogen-bond donors (Lipinski definition) is 1. The summed E-state index contributed by atoms with van der Waals surface area (Å²) in [4.78, 5) is 11.7. The van der Waals surface area contributed by atoms with E-state index in [1.165, 1.54) is 6.08 Å². The van der Waals surface area contributed by atoms with Gasteiger partial charge in [-0.3, -0.25) is 4.79 Å². The molecule has 1 fully saturated rings. The third kappa shape index (κ3) is 2.37. The molecule has 1 aromatic carbocycles. The normalized spacial score (nSPS) is 17.3. The van der Waals surface area contributed by atoms with E-state index in [4.69, 9.17) is 4.74 Å². The minimum Gasteiger partial charge on any atom is -0.477 e. The minimum absolute atomic E-state index is 0.0283. The Morgan fingerprint density at radius 2 is 2.13 bits per heavy atom. The molecule has 0 radical (unpaired) electrons. The van der Waals surface area contributed by atoms with E-state index in [2.05, 4.69) is 5.32 Å². The highest BCUT2D eigenvalue weighted by atomic mass is 16.5. The Bertz CT molecular complexity index is 385. The number of carbonyl (C=O) groups excluding carboxylic acids is 1. The molecule has 15 heavy (non-hydrogen) atoms. The second kappa shape index (κ2) is 4.17. The van der Waals surface area contributed by atoms with Gasteiger partial charge in [0.1, 0.15) is 6.61 Å². The van der Waals surface area contributed by atoms with Crippen molar-refractivity contribution in [2.24, 2.45) is 0 Å². The fourth-order valence-corrected chi connectivity index (χ4v) is 1.40. The lowest BCUT2D eigenvalue weighted by Gasteiger charge is -1.99. The number of carbonyl (C=O) groups is 1. The summed E-state index contributed by atoms with van der Waals surface area (Å²) >= 11 is 0. The molecule has 2 rings (SSSR count). The second-order valence-electron chi connectivity index (χ2n) is 3.51. The summed E-state index contributed by atoms with van der Waals surface area (Å²) in [5, 5.41) is 2.99. The first-order valence-corrected chi connectivity index (χ1v) is 4.95. The standard InChI is InChI=1S/C12H13NO2/c1-9-2-4-10(5-3-9)11(14)8-12-13-6-7-15-12/h2-5,8,13H,6-7H2,1H3. The Kier molecular flexibility index (Phi) is 2.72. The van der Waals surface area contributed by atoms with E-state index in [1.807, 2.05) is 31.2 Å². The molecular formula is C12H13NO2. The molecule has 0 bridgehead atoms. The van der Waals surface area contributed by atoms with Crippen molar-refractivity contribution in [3.63, 3.8) is 0 Å². The van der Waals surface area contributed by atoms with Gasteiger partial charge >= 0.3 is 0 Å². The summed E-state index contributed by atoms with van der Waals surface area (Å²) in [5.74, 6) is 0.542. The van der Waals surface area contributed by atoms with Crippen LogP contribution in [0.2, 0.25) is 0 Å². The van der Waals surface area contributed by atoms with E-state index in [9.17, 15) is 4.79 Å². The summed E-state index contributed by atoms with van der Waals surface area (Å²) < 4.78 is 5.20. The van der Waals surface area contributed by atoms with Crippen molar-refractivity contribution in [3.8, 4) is 0 Å². The van der Waals surface area contributed by atoms with Crippen LogP contribution in [-0.4, -0.2) is 18.9 Å². The van der Waals surface area contributed by atoms with Crippen LogP contribution in [0.4, 0.5) is 0 Å². The molecule has 0 aliphatic carbocycles. The number of rotatable bonds is 2. The number of hydrogen-bond acceptors (Lipinski definition) is 3. The highest BCUT2D eigenvalue weighted by molar-refractivity contribution is 6.04. The van der Waals surface area contributed by atoms with Gasteiger partial charge in [-0.15, -0.1) is 0 Å². The fourth-order valence-electron chi connectivity index (χ4n) is 1.40. The van der Waals surface area contributed by atoms with Crippen molar-refractivity contribution in [1.29, 1.82) is 0 Å². The van der Waals surface area contributed by atoms with Crippen molar-refractivity contribution in [2.75, 3.05) is 13.2 Å². The molecule has 1 saturated heterocycles. The molecule has 0 atom stereocenters. The zero-order valence-electron chi connectivity index (χ0n) is 8.62. The van der Waals surface area contributed by atoms with Gasteiger partial charge in [-0.1, -0.05) is 29.8 Å². The van der Waals surface area contributed by atoms with Crippen LogP contribution in [0.15, 0.2) is 36.2 Å². The van der Waals surface area contributed by atoms with Crippen molar-refractivity contribution >= 4 is 5.78 Å². The van der Waals surface area contributed by atoms with Crippen LogP contribution in [0.3, 0.4) is 0 Å². The molecule has 0 amide bonds. The topological polar surface area (TPSA) is 38.3 Å². The molecule has 0 unspecified atom stereocenters. The third-order valence-electron chi connectivity index (χ3n) is 2.26. The van der Waals surface area contributed by atoms with Gasteiger partial charge in [0.15, 0.2) is 11.7 Å². The first kappa shape index (κ1) is 9.77. The van der Waals surface area contributed by atoms with E-state index >= 15 is 0 Å². The number of allylic oxidation sites excluding steroid dienone is 1. The number of ketones is 1. The average Bonchev–Trinajstić information content (AvgIpc) is 2.71. The number of ether oxygens (including phenoxy) is 1. The van der Waals surface area contributed by atoms with Gasteiger partial charge in [-0.05, 0) is 6.92 Å². The van der Waals surface area contributed by atoms with E-state index in [0.717, 1.165) is 12.1 Å². The summed E-state index contributed by atoms with van der Waals surface area (Å²) in [6.45, 7) is 3.40. The zero-order valence-corrected chi connectivity index (χ0v) is 8.62. The Balaban J connectivity index is 2.14. The van der Waals surface area contributed by atoms with Gasteiger partial charge in [0.25, 0.3) is 0 Å². The van der Waals surface area contributed by atoms with Crippen LogP contribution < -0.4 is 5.32 Å². The maximum atomic E-state index is 11.7. The van der Waals surface area contributed by atoms with E-state index < -0.39 is 0 Å². The van der Waals surface area contributed by atoms with Crippen LogP contribution >= 0.6 is 0 Å². The molecular weight excluding hydrogens is 190 g/mol. The van der Waals surface area contributed by atoms with Gasteiger partial charge < -0.3 is 10.1 Å². The van der Waals surface area contributed by atoms with E-state index in [0.29, 0.717) is 18.1 Å². The van der Waals surface area contributed by atoms with Crippen LogP contribution in [0.1, 0.15) is 15.9 Å². The molecule has 1 aliphatic heterocycles. The summed E-state index contributed by atoms with van der Waals surface area (Å²) in [7, 11) is 0. The Morgan fingerprint density at radius 3 is 2.73 bits per heavy atom. The first-order chi connectivity index (χ1) is 7.25. The van der Waals surface area contributed by atoms with Gasteiger partial charge in [0.05, 0.1) is 6.54 Å². The predicted octanol–water partition coefficient (Wildman–Crippen LogP) is 1.64. The monoisotopic (exact) mass is 203 g/mol. The highest BCUT2D eigenvalue weighted by Crippen LogP contribution is 2.07. The Labute approximate surface area is 88.8 Å². The molecule has 0 spiro atoms. The quantitative estimate of drug-likeness (QED) is 0.586. The minimum atomic E-state index is -0.0283. The summed E-state index contributed by atoms with van der Waals surface area (Å²) in [5.41, 5.74) is 1.83. The van der Waals surface area contributed by atoms with Crippen LogP contribution in [0, 0.1) is 6.92 Å². The van der Waals surface area contributed by atoms with Crippen molar-refractivity contribution in [1.82, 2.24) is 5.32 Å². The molecule has 1 aromatic rings. The lowest BCUT2D eigenvalue weighted by Crippen LogP contribution is -2.07. The largest absolute Gasteiger partial charge is 0.477 e. The number of nitrogens with one attached hydrogen (secondary N) is 1. The number of aryl methyl sites for hydroxylation is 1. The molecule has 0 saturated carbocycles. The van der Waals surface area contributed by atoms with Gasteiger partial charge in [-0.25, -0.2) is 0 Å². The molecule has 3 nitrogen and oxygen atoms in total. The second-order valence-corrected chi connectivity index (χ2v) is 3.51. The van der Waals surface area contributed by atoms with E-state index in [-0.39, 0.29) is 5.78 Å². The van der Waals surface area contributed by atoms with Crippen molar-refractivity contribution < 1.29 is 9.53 Å². The Hall–Kier alpha value is -1.77. The molecule has 78 valence electrons. The van der Waals surface area contributed by atoms with Gasteiger partial charge in [-0.2, -0.15) is 0 Å². The first-order valence-electron chi connectivity index (χ1n) is 4.95. The zero-order chi connectivity index (χ0) is 10.7. The van der Waals surface area contributed by atoms with Crippen molar-refractivity contribution in [3.05, 3.63) is 47.4 Å². The maximum absolute atomic E-state index is 11.7. The lowest BCUT2D eigenvalue weighted by molar-refractivity contribution is 0.104. The molecule has 0 aromatic heterocycles.